The van der Waals surface area contributed by atoms with E-state index in [1.807, 2.05) is 0 Å². The number of ether oxygens (including phenoxy) is 1. The molecule has 2 atom stereocenters. The zero-order valence-electron chi connectivity index (χ0n) is 19.0. The van der Waals surface area contributed by atoms with Gasteiger partial charge in [0.15, 0.2) is 0 Å². The fraction of sp³-hybridized carbons (Fsp3) is 0.231. The second-order valence-corrected chi connectivity index (χ2v) is 8.39. The van der Waals surface area contributed by atoms with Crippen molar-refractivity contribution >= 4 is 17.5 Å². The predicted molar refractivity (Wildman–Crippen MR) is 122 cm³/mol. The summed E-state index contributed by atoms with van der Waals surface area (Å²) in [5.74, 6) is -3.73. The number of anilines is 1. The van der Waals surface area contributed by atoms with Crippen LogP contribution in [0.3, 0.4) is 0 Å². The van der Waals surface area contributed by atoms with Crippen LogP contribution in [0.15, 0.2) is 72.8 Å². The molecule has 0 aromatic heterocycles. The Labute approximate surface area is 207 Å². The minimum atomic E-state index is -4.90. The van der Waals surface area contributed by atoms with Gasteiger partial charge in [0, 0.05) is 18.2 Å². The lowest BCUT2D eigenvalue weighted by Crippen LogP contribution is -2.46. The summed E-state index contributed by atoms with van der Waals surface area (Å²) in [5, 5.41) is 5.17. The molecule has 4 rings (SSSR count). The quantitative estimate of drug-likeness (QED) is 0.313. The summed E-state index contributed by atoms with van der Waals surface area (Å²) in [6, 6.07) is 15.8. The van der Waals surface area contributed by atoms with E-state index in [2.05, 4.69) is 15.4 Å². The third-order valence-corrected chi connectivity index (χ3v) is 5.94. The topological polar surface area (TPSA) is 67.4 Å². The van der Waals surface area contributed by atoms with Crippen molar-refractivity contribution in [2.24, 2.45) is 5.92 Å². The highest BCUT2D eigenvalue weighted by molar-refractivity contribution is 6.07. The maximum Gasteiger partial charge on any atom is 0.573 e. The van der Waals surface area contributed by atoms with Crippen LogP contribution >= 0.6 is 0 Å². The van der Waals surface area contributed by atoms with E-state index in [1.165, 1.54) is 54.6 Å². The van der Waals surface area contributed by atoms with Crippen LogP contribution in [-0.2, 0) is 15.8 Å². The van der Waals surface area contributed by atoms with E-state index >= 15 is 0 Å². The third-order valence-electron chi connectivity index (χ3n) is 5.94. The van der Waals surface area contributed by atoms with Crippen molar-refractivity contribution in [3.8, 4) is 16.9 Å². The Bertz CT molecular complexity index is 1290. The second kappa shape index (κ2) is 10.2. The first-order chi connectivity index (χ1) is 17.4. The molecule has 2 N–H and O–H groups in total. The average molecular weight is 522 g/mol. The monoisotopic (exact) mass is 522 g/mol. The molecule has 3 aromatic carbocycles. The van der Waals surface area contributed by atoms with E-state index in [0.717, 1.165) is 18.2 Å². The van der Waals surface area contributed by atoms with Gasteiger partial charge in [0.2, 0.25) is 11.8 Å². The van der Waals surface area contributed by atoms with Gasteiger partial charge in [-0.1, -0.05) is 42.5 Å². The molecule has 5 nitrogen and oxygen atoms in total. The predicted octanol–water partition coefficient (Wildman–Crippen LogP) is 6.13. The van der Waals surface area contributed by atoms with Crippen molar-refractivity contribution < 1.29 is 40.7 Å². The van der Waals surface area contributed by atoms with Crippen molar-refractivity contribution in [1.82, 2.24) is 5.32 Å². The Morgan fingerprint density at radius 1 is 0.919 bits per heavy atom. The highest BCUT2D eigenvalue weighted by Crippen LogP contribution is 2.38. The second-order valence-electron chi connectivity index (χ2n) is 8.39. The molecule has 1 aliphatic heterocycles. The number of piperidine rings is 1. The maximum absolute atomic E-state index is 13.4. The van der Waals surface area contributed by atoms with Gasteiger partial charge in [0.25, 0.3) is 0 Å². The van der Waals surface area contributed by atoms with Crippen LogP contribution in [0, 0.1) is 5.92 Å². The van der Waals surface area contributed by atoms with Gasteiger partial charge in [0.05, 0.1) is 5.56 Å². The number of hydrogen-bond acceptors (Lipinski definition) is 3. The molecular weight excluding hydrogens is 502 g/mol. The first-order valence-electron chi connectivity index (χ1n) is 11.1. The Morgan fingerprint density at radius 3 is 2.30 bits per heavy atom. The number of hydrogen-bond donors (Lipinski definition) is 2. The summed E-state index contributed by atoms with van der Waals surface area (Å²) >= 11 is 0. The van der Waals surface area contributed by atoms with Crippen LogP contribution in [0.4, 0.5) is 32.0 Å². The number of rotatable bonds is 5. The molecule has 0 saturated carbocycles. The van der Waals surface area contributed by atoms with E-state index in [1.54, 1.807) is 0 Å². The summed E-state index contributed by atoms with van der Waals surface area (Å²) in [5.41, 5.74) is 0.0202. The number of carbonyl (C=O) groups excluding carboxylic acids is 2. The van der Waals surface area contributed by atoms with Crippen molar-refractivity contribution in [3.05, 3.63) is 83.9 Å². The highest BCUT2D eigenvalue weighted by atomic mass is 19.4. The van der Waals surface area contributed by atoms with Crippen LogP contribution in [0.1, 0.15) is 23.5 Å². The van der Waals surface area contributed by atoms with E-state index in [9.17, 15) is 35.9 Å². The molecule has 11 heteroatoms. The number of amides is 2. The van der Waals surface area contributed by atoms with Crippen LogP contribution in [-0.4, -0.2) is 24.7 Å². The molecule has 0 aliphatic carbocycles. The lowest BCUT2D eigenvalue weighted by Gasteiger charge is -2.30. The fourth-order valence-electron chi connectivity index (χ4n) is 4.35. The Kier molecular flexibility index (Phi) is 7.15. The molecule has 0 spiro atoms. The SMILES string of the molecule is O=C1NCCC(c2cccc(OC(F)(F)F)c2)C1C(=O)Nc1ccc(-c2ccccc2C(F)(F)F)cc1. The normalized spacial score (nSPS) is 18.2. The molecule has 194 valence electrons. The zero-order valence-corrected chi connectivity index (χ0v) is 19.0. The van der Waals surface area contributed by atoms with Crippen molar-refractivity contribution in [2.45, 2.75) is 24.9 Å². The van der Waals surface area contributed by atoms with Gasteiger partial charge < -0.3 is 15.4 Å². The first-order valence-corrected chi connectivity index (χ1v) is 11.1. The minimum Gasteiger partial charge on any atom is -0.406 e. The molecule has 1 aliphatic rings. The number of alkyl halides is 6. The molecule has 3 aromatic rings. The molecule has 1 saturated heterocycles. The van der Waals surface area contributed by atoms with Crippen LogP contribution < -0.4 is 15.4 Å². The molecule has 37 heavy (non-hydrogen) atoms. The Hall–Kier alpha value is -4.02. The van der Waals surface area contributed by atoms with Crippen LogP contribution in [0.25, 0.3) is 11.1 Å². The van der Waals surface area contributed by atoms with Crippen LogP contribution in [0.2, 0.25) is 0 Å². The fourth-order valence-corrected chi connectivity index (χ4v) is 4.35. The Balaban J connectivity index is 1.55. The number of carbonyl (C=O) groups is 2. The first kappa shape index (κ1) is 26.1. The zero-order chi connectivity index (χ0) is 26.8. The molecule has 2 amide bonds. The number of halogens is 6. The summed E-state index contributed by atoms with van der Waals surface area (Å²) in [6.45, 7) is 0.227. The summed E-state index contributed by atoms with van der Waals surface area (Å²) in [4.78, 5) is 25.7. The largest absolute Gasteiger partial charge is 0.573 e. The molecule has 1 fully saturated rings. The van der Waals surface area contributed by atoms with Crippen molar-refractivity contribution in [3.63, 3.8) is 0 Å². The number of nitrogens with one attached hydrogen (secondary N) is 2. The van der Waals surface area contributed by atoms with Gasteiger partial charge in [-0.2, -0.15) is 13.2 Å². The van der Waals surface area contributed by atoms with Crippen molar-refractivity contribution in [2.75, 3.05) is 11.9 Å². The third kappa shape index (κ3) is 6.22. The van der Waals surface area contributed by atoms with Gasteiger partial charge in [-0.05, 0) is 53.4 Å². The highest BCUT2D eigenvalue weighted by Gasteiger charge is 2.39. The van der Waals surface area contributed by atoms with Gasteiger partial charge in [-0.25, -0.2) is 0 Å². The summed E-state index contributed by atoms with van der Waals surface area (Å²) in [7, 11) is 0. The Morgan fingerprint density at radius 2 is 1.62 bits per heavy atom. The number of benzene rings is 3. The molecular formula is C26H20F6N2O3. The van der Waals surface area contributed by atoms with Gasteiger partial charge in [-0.3, -0.25) is 9.59 Å². The van der Waals surface area contributed by atoms with Gasteiger partial charge in [0.1, 0.15) is 11.7 Å². The lowest BCUT2D eigenvalue weighted by molar-refractivity contribution is -0.274. The molecule has 0 radical (unpaired) electrons. The molecule has 0 bridgehead atoms. The van der Waals surface area contributed by atoms with E-state index in [-0.39, 0.29) is 23.4 Å². The van der Waals surface area contributed by atoms with Crippen LogP contribution in [0.5, 0.6) is 5.75 Å². The van der Waals surface area contributed by atoms with Crippen molar-refractivity contribution in [1.29, 1.82) is 0 Å². The van der Waals surface area contributed by atoms with Gasteiger partial charge in [-0.15, -0.1) is 13.2 Å². The summed E-state index contributed by atoms with van der Waals surface area (Å²) < 4.78 is 81.9. The summed E-state index contributed by atoms with van der Waals surface area (Å²) in [6.07, 6.45) is -9.14. The smallest absolute Gasteiger partial charge is 0.406 e. The molecule has 2 unspecified atom stereocenters. The van der Waals surface area contributed by atoms with E-state index in [4.69, 9.17) is 0 Å². The minimum absolute atomic E-state index is 0.0273. The standard InChI is InChI=1S/C26H20F6N2O3/c27-25(28,29)21-7-2-1-6-19(21)15-8-10-17(11-9-15)34-24(36)22-20(12-13-33-23(22)35)16-4-3-5-18(14-16)37-26(30,31)32/h1-11,14,20,22H,12-13H2,(H,33,35)(H,34,36). The average Bonchev–Trinajstić information content (AvgIpc) is 2.83. The van der Waals surface area contributed by atoms with E-state index < -0.39 is 47.5 Å². The lowest BCUT2D eigenvalue weighted by atomic mass is 9.80. The van der Waals surface area contributed by atoms with E-state index in [0.29, 0.717) is 12.0 Å². The van der Waals surface area contributed by atoms with Gasteiger partial charge >= 0.3 is 12.5 Å². The maximum atomic E-state index is 13.4. The molecule has 1 heterocycles.